The van der Waals surface area contributed by atoms with Crippen molar-refractivity contribution in [3.05, 3.63) is 0 Å². The molecule has 2 N–H and O–H groups in total. The van der Waals surface area contributed by atoms with Gasteiger partial charge >= 0.3 is 0 Å². The van der Waals surface area contributed by atoms with Crippen LogP contribution in [0.25, 0.3) is 0 Å². The molecule has 3 rings (SSSR count). The summed E-state index contributed by atoms with van der Waals surface area (Å²) in [6.45, 7) is 6.20. The largest absolute Gasteiger partial charge is 0.379 e. The molecule has 3 heteroatoms. The minimum absolute atomic E-state index is 0.159. The third-order valence-corrected chi connectivity index (χ3v) is 5.69. The van der Waals surface area contributed by atoms with Crippen LogP contribution < -0.4 is 5.73 Å². The smallest absolute Gasteiger partial charge is 0.0624 e. The fraction of sp³-hybridized carbons (Fsp3) is 1.00. The summed E-state index contributed by atoms with van der Waals surface area (Å²) >= 11 is 0. The second-order valence-electron chi connectivity index (χ2n) is 7.41. The van der Waals surface area contributed by atoms with Gasteiger partial charge in [-0.3, -0.25) is 0 Å². The van der Waals surface area contributed by atoms with Gasteiger partial charge in [-0.15, -0.1) is 0 Å². The van der Waals surface area contributed by atoms with Crippen molar-refractivity contribution < 1.29 is 4.74 Å². The van der Waals surface area contributed by atoms with Crippen LogP contribution in [0.3, 0.4) is 0 Å². The maximum atomic E-state index is 6.18. The fourth-order valence-electron chi connectivity index (χ4n) is 4.57. The molecule has 1 saturated heterocycles. The number of ether oxygens (including phenoxy) is 1. The van der Waals surface area contributed by atoms with Gasteiger partial charge in [-0.2, -0.15) is 0 Å². The first-order valence-electron chi connectivity index (χ1n) is 7.59. The van der Waals surface area contributed by atoms with E-state index in [0.29, 0.717) is 0 Å². The lowest BCUT2D eigenvalue weighted by molar-refractivity contribution is 0.116. The van der Waals surface area contributed by atoms with Crippen molar-refractivity contribution in [2.75, 3.05) is 33.4 Å². The molecule has 3 nitrogen and oxygen atoms in total. The van der Waals surface area contributed by atoms with Crippen LogP contribution in [0.5, 0.6) is 0 Å². The molecule has 0 aromatic carbocycles. The van der Waals surface area contributed by atoms with Gasteiger partial charge < -0.3 is 15.4 Å². The quantitative estimate of drug-likeness (QED) is 0.828. The molecule has 2 aliphatic carbocycles. The van der Waals surface area contributed by atoms with E-state index in [1.165, 1.54) is 32.2 Å². The molecule has 0 spiro atoms. The lowest BCUT2D eigenvalue weighted by Gasteiger charge is -2.34. The minimum atomic E-state index is 0.159. The van der Waals surface area contributed by atoms with Crippen LogP contribution in [-0.4, -0.2) is 44.3 Å². The summed E-state index contributed by atoms with van der Waals surface area (Å²) in [5, 5.41) is 0. The van der Waals surface area contributed by atoms with Gasteiger partial charge in [0.05, 0.1) is 13.2 Å². The van der Waals surface area contributed by atoms with E-state index in [0.717, 1.165) is 37.5 Å². The summed E-state index contributed by atoms with van der Waals surface area (Å²) in [4.78, 5) is 2.51. The predicted molar refractivity (Wildman–Crippen MR) is 73.3 cm³/mol. The Labute approximate surface area is 111 Å². The van der Waals surface area contributed by atoms with Crippen molar-refractivity contribution in [2.45, 2.75) is 38.6 Å². The summed E-state index contributed by atoms with van der Waals surface area (Å²) in [6.07, 6.45) is 5.98. The van der Waals surface area contributed by atoms with Gasteiger partial charge in [-0.25, -0.2) is 0 Å². The van der Waals surface area contributed by atoms with Crippen LogP contribution in [0, 0.1) is 23.2 Å². The zero-order chi connectivity index (χ0) is 12.8. The van der Waals surface area contributed by atoms with E-state index in [1.807, 2.05) is 0 Å². The maximum absolute atomic E-state index is 6.18. The lowest BCUT2D eigenvalue weighted by atomic mass is 9.84. The second-order valence-corrected chi connectivity index (χ2v) is 7.41. The Morgan fingerprint density at radius 1 is 1.33 bits per heavy atom. The van der Waals surface area contributed by atoms with E-state index in [9.17, 15) is 0 Å². The van der Waals surface area contributed by atoms with E-state index in [2.05, 4.69) is 18.9 Å². The average Bonchev–Trinajstić information content (AvgIpc) is 2.96. The summed E-state index contributed by atoms with van der Waals surface area (Å²) in [6, 6.07) is 0.208. The maximum Gasteiger partial charge on any atom is 0.0624 e. The molecule has 104 valence electrons. The molecule has 18 heavy (non-hydrogen) atoms. The van der Waals surface area contributed by atoms with Gasteiger partial charge in [-0.05, 0) is 44.1 Å². The number of fused-ring (bicyclic) bond motifs is 2. The number of rotatable bonds is 4. The molecule has 0 aromatic rings. The van der Waals surface area contributed by atoms with Gasteiger partial charge in [0, 0.05) is 24.5 Å². The lowest BCUT2D eigenvalue weighted by Crippen LogP contribution is -2.47. The Hall–Kier alpha value is -0.120. The van der Waals surface area contributed by atoms with E-state index in [4.69, 9.17) is 10.5 Å². The number of nitrogens with zero attached hydrogens (tertiary/aromatic N) is 1. The Balaban J connectivity index is 1.51. The Kier molecular flexibility index (Phi) is 3.41. The van der Waals surface area contributed by atoms with Crippen molar-refractivity contribution in [2.24, 2.45) is 28.9 Å². The van der Waals surface area contributed by atoms with Crippen molar-refractivity contribution in [3.8, 4) is 0 Å². The van der Waals surface area contributed by atoms with Gasteiger partial charge in [-0.1, -0.05) is 13.3 Å². The van der Waals surface area contributed by atoms with Crippen molar-refractivity contribution >= 4 is 0 Å². The van der Waals surface area contributed by atoms with Crippen LogP contribution >= 0.6 is 0 Å². The zero-order valence-electron chi connectivity index (χ0n) is 11.9. The number of hydrogen-bond acceptors (Lipinski definition) is 3. The molecule has 1 aliphatic heterocycles. The molecule has 3 fully saturated rings. The van der Waals surface area contributed by atoms with Crippen LogP contribution in [0.1, 0.15) is 32.6 Å². The Bertz CT molecular complexity index is 309. The molecule has 2 saturated carbocycles. The molecule has 3 aliphatic rings. The Morgan fingerprint density at radius 2 is 2.17 bits per heavy atom. The van der Waals surface area contributed by atoms with Crippen LogP contribution in [0.15, 0.2) is 0 Å². The van der Waals surface area contributed by atoms with Crippen LogP contribution in [0.2, 0.25) is 0 Å². The first kappa shape index (κ1) is 12.9. The third-order valence-electron chi connectivity index (χ3n) is 5.69. The fourth-order valence-corrected chi connectivity index (χ4v) is 4.57. The summed E-state index contributed by atoms with van der Waals surface area (Å²) in [5.74, 6) is 3.04. The molecule has 1 heterocycles. The number of hydrogen-bond donors (Lipinski definition) is 1. The normalized spacial score (nSPS) is 47.3. The van der Waals surface area contributed by atoms with E-state index in [1.54, 1.807) is 0 Å². The third kappa shape index (κ3) is 2.33. The van der Waals surface area contributed by atoms with Gasteiger partial charge in [0.1, 0.15) is 0 Å². The molecule has 5 atom stereocenters. The highest BCUT2D eigenvalue weighted by atomic mass is 16.5. The van der Waals surface area contributed by atoms with Crippen molar-refractivity contribution in [1.29, 1.82) is 0 Å². The standard InChI is InChI=1S/C15H28N2O/c1-15(10-18-8-14(15)16)9-17(2)7-13-6-11-3-4-12(13)5-11/h11-14H,3-10,16H2,1-2H3. The highest BCUT2D eigenvalue weighted by molar-refractivity contribution is 4.94. The number of nitrogens with two attached hydrogens (primary N) is 1. The average molecular weight is 252 g/mol. The van der Waals surface area contributed by atoms with E-state index in [-0.39, 0.29) is 11.5 Å². The van der Waals surface area contributed by atoms with E-state index < -0.39 is 0 Å². The molecule has 0 radical (unpaired) electrons. The van der Waals surface area contributed by atoms with Gasteiger partial charge in [0.15, 0.2) is 0 Å². The molecule has 0 amide bonds. The Morgan fingerprint density at radius 3 is 2.72 bits per heavy atom. The summed E-state index contributed by atoms with van der Waals surface area (Å²) in [5.41, 5.74) is 6.34. The molecular weight excluding hydrogens is 224 g/mol. The summed E-state index contributed by atoms with van der Waals surface area (Å²) < 4.78 is 5.54. The molecule has 2 bridgehead atoms. The topological polar surface area (TPSA) is 38.5 Å². The molecule has 0 aromatic heterocycles. The molecular formula is C15H28N2O. The predicted octanol–water partition coefficient (Wildman–Crippen LogP) is 1.72. The van der Waals surface area contributed by atoms with Gasteiger partial charge in [0.2, 0.25) is 0 Å². The van der Waals surface area contributed by atoms with E-state index >= 15 is 0 Å². The van der Waals surface area contributed by atoms with Gasteiger partial charge in [0.25, 0.3) is 0 Å². The van der Waals surface area contributed by atoms with Crippen molar-refractivity contribution in [1.82, 2.24) is 4.90 Å². The summed E-state index contributed by atoms with van der Waals surface area (Å²) in [7, 11) is 2.27. The first-order chi connectivity index (χ1) is 8.57. The van der Waals surface area contributed by atoms with Crippen LogP contribution in [0.4, 0.5) is 0 Å². The first-order valence-corrected chi connectivity index (χ1v) is 7.59. The SMILES string of the molecule is CN(CC1CC2CCC1C2)CC1(C)COCC1N. The highest BCUT2D eigenvalue weighted by Crippen LogP contribution is 2.48. The molecule has 5 unspecified atom stereocenters. The minimum Gasteiger partial charge on any atom is -0.379 e. The monoisotopic (exact) mass is 252 g/mol. The zero-order valence-corrected chi connectivity index (χ0v) is 11.9. The van der Waals surface area contributed by atoms with Crippen molar-refractivity contribution in [3.63, 3.8) is 0 Å². The highest BCUT2D eigenvalue weighted by Gasteiger charge is 2.42. The van der Waals surface area contributed by atoms with Crippen LogP contribution in [-0.2, 0) is 4.74 Å². The second kappa shape index (κ2) is 4.77.